The Balaban J connectivity index is 2.57. The highest BCUT2D eigenvalue weighted by Crippen LogP contribution is 2.23. The second-order valence-corrected chi connectivity index (χ2v) is 4.70. The van der Waals surface area contributed by atoms with Crippen molar-refractivity contribution in [3.8, 4) is 0 Å². The number of amidine groups is 1. The molecule has 0 aliphatic rings. The Labute approximate surface area is 108 Å². The maximum Gasteiger partial charge on any atom is 0.170 e. The molecule has 18 heavy (non-hydrogen) atoms. The van der Waals surface area contributed by atoms with E-state index in [-0.39, 0.29) is 12.4 Å². The zero-order chi connectivity index (χ0) is 13.0. The number of aliphatic hydroxyl groups excluding tert-OH is 1. The number of rotatable bonds is 4. The van der Waals surface area contributed by atoms with E-state index in [0.717, 1.165) is 15.9 Å². The number of nitrogens with two attached hydrogens (primary N) is 1. The first-order valence-corrected chi connectivity index (χ1v) is 6.36. The van der Waals surface area contributed by atoms with Crippen LogP contribution in [0.3, 0.4) is 0 Å². The highest BCUT2D eigenvalue weighted by molar-refractivity contribution is 7.99. The summed E-state index contributed by atoms with van der Waals surface area (Å²) in [5.74, 6) is 0.612. The molecule has 0 atom stereocenters. The maximum atomic E-state index is 8.83. The molecule has 4 N–H and O–H groups in total. The number of pyridine rings is 1. The van der Waals surface area contributed by atoms with E-state index in [1.54, 1.807) is 6.07 Å². The zero-order valence-corrected chi connectivity index (χ0v) is 10.4. The van der Waals surface area contributed by atoms with Crippen LogP contribution in [0.4, 0.5) is 0 Å². The van der Waals surface area contributed by atoms with E-state index < -0.39 is 0 Å². The van der Waals surface area contributed by atoms with Crippen molar-refractivity contribution in [2.45, 2.75) is 5.03 Å². The Hall–Kier alpha value is -1.79. The number of benzene rings is 1. The van der Waals surface area contributed by atoms with Crippen LogP contribution >= 0.6 is 11.8 Å². The first-order valence-electron chi connectivity index (χ1n) is 5.37. The average Bonchev–Trinajstić information content (AvgIpc) is 2.43. The minimum atomic E-state index is 0.0550. The number of fused-ring (bicyclic) bond motifs is 1. The van der Waals surface area contributed by atoms with Crippen LogP contribution in [0.15, 0.2) is 40.5 Å². The summed E-state index contributed by atoms with van der Waals surface area (Å²) in [4.78, 5) is 4.45. The number of para-hydroxylation sites is 1. The fraction of sp³-hybridized carbons (Fsp3) is 0.167. The van der Waals surface area contributed by atoms with Gasteiger partial charge in [-0.15, -0.1) is 11.8 Å². The van der Waals surface area contributed by atoms with Crippen LogP contribution in [-0.4, -0.2) is 33.5 Å². The fourth-order valence-electron chi connectivity index (χ4n) is 1.64. The van der Waals surface area contributed by atoms with Crippen LogP contribution in [-0.2, 0) is 0 Å². The predicted octanol–water partition coefficient (Wildman–Crippen LogP) is 1.41. The van der Waals surface area contributed by atoms with E-state index >= 15 is 0 Å². The molecule has 1 aromatic heterocycles. The number of nitrogens with zero attached hydrogens (tertiary/aromatic N) is 2. The number of thioether (sulfide) groups is 1. The molecule has 5 nitrogen and oxygen atoms in total. The standard InChI is InChI=1S/C12H13N3O2S/c13-12(15-17)9-7-11(18-6-5-16)14-10-4-2-1-3-8(9)10/h1-4,7,16-17H,5-6H2,(H2,13,15). The summed E-state index contributed by atoms with van der Waals surface area (Å²) in [7, 11) is 0. The zero-order valence-electron chi connectivity index (χ0n) is 9.58. The van der Waals surface area contributed by atoms with Gasteiger partial charge in [0.15, 0.2) is 5.84 Å². The minimum absolute atomic E-state index is 0.0550. The first kappa shape index (κ1) is 12.7. The highest BCUT2D eigenvalue weighted by atomic mass is 32.2. The van der Waals surface area contributed by atoms with Gasteiger partial charge in [0.2, 0.25) is 0 Å². The van der Waals surface area contributed by atoms with Crippen molar-refractivity contribution in [2.24, 2.45) is 10.9 Å². The second-order valence-electron chi connectivity index (χ2n) is 3.58. The summed E-state index contributed by atoms with van der Waals surface area (Å²) in [5, 5.41) is 22.3. The molecular weight excluding hydrogens is 250 g/mol. The van der Waals surface area contributed by atoms with Gasteiger partial charge in [-0.05, 0) is 12.1 Å². The van der Waals surface area contributed by atoms with Crippen molar-refractivity contribution >= 4 is 28.5 Å². The Morgan fingerprint density at radius 3 is 2.89 bits per heavy atom. The molecule has 94 valence electrons. The molecule has 0 bridgehead atoms. The van der Waals surface area contributed by atoms with Crippen molar-refractivity contribution in [1.29, 1.82) is 0 Å². The summed E-state index contributed by atoms with van der Waals surface area (Å²) < 4.78 is 0. The number of hydrogen-bond donors (Lipinski definition) is 3. The molecule has 0 aliphatic heterocycles. The van der Waals surface area contributed by atoms with Gasteiger partial charge in [0.1, 0.15) is 0 Å². The summed E-state index contributed by atoms with van der Waals surface area (Å²) >= 11 is 1.42. The van der Waals surface area contributed by atoms with Crippen molar-refractivity contribution in [3.05, 3.63) is 35.9 Å². The third-order valence-corrected chi connectivity index (χ3v) is 3.31. The van der Waals surface area contributed by atoms with E-state index in [9.17, 15) is 0 Å². The molecule has 0 fully saturated rings. The molecule has 6 heteroatoms. The van der Waals surface area contributed by atoms with Crippen LogP contribution in [0.25, 0.3) is 10.9 Å². The minimum Gasteiger partial charge on any atom is -0.409 e. The SMILES string of the molecule is NC(=NO)c1cc(SCCO)nc2ccccc12. The van der Waals surface area contributed by atoms with Crippen molar-refractivity contribution in [3.63, 3.8) is 0 Å². The van der Waals surface area contributed by atoms with Crippen molar-refractivity contribution < 1.29 is 10.3 Å². The average molecular weight is 263 g/mol. The predicted molar refractivity (Wildman–Crippen MR) is 72.1 cm³/mol. The van der Waals surface area contributed by atoms with Gasteiger partial charge in [-0.1, -0.05) is 23.4 Å². The van der Waals surface area contributed by atoms with Gasteiger partial charge in [0.25, 0.3) is 0 Å². The van der Waals surface area contributed by atoms with Gasteiger partial charge in [-0.25, -0.2) is 4.98 Å². The molecule has 0 amide bonds. The first-order chi connectivity index (χ1) is 8.76. The second kappa shape index (κ2) is 5.70. The topological polar surface area (TPSA) is 91.7 Å². The Morgan fingerprint density at radius 1 is 1.39 bits per heavy atom. The third kappa shape index (κ3) is 2.55. The molecule has 0 saturated heterocycles. The van der Waals surface area contributed by atoms with E-state index in [1.807, 2.05) is 24.3 Å². The molecule has 0 aliphatic carbocycles. The fourth-order valence-corrected chi connectivity index (χ4v) is 2.31. The number of aliphatic hydroxyl groups is 1. The van der Waals surface area contributed by atoms with Crippen LogP contribution in [0.5, 0.6) is 0 Å². The molecule has 0 spiro atoms. The quantitative estimate of drug-likeness (QED) is 0.255. The molecule has 2 rings (SSSR count). The normalized spacial score (nSPS) is 11.9. The van der Waals surface area contributed by atoms with Crippen LogP contribution < -0.4 is 5.73 Å². The number of oxime groups is 1. The maximum absolute atomic E-state index is 8.83. The lowest BCUT2D eigenvalue weighted by Crippen LogP contribution is -2.14. The van der Waals surface area contributed by atoms with E-state index in [0.29, 0.717) is 11.3 Å². The number of hydrogen-bond acceptors (Lipinski definition) is 5. The molecule has 0 radical (unpaired) electrons. The summed E-state index contributed by atoms with van der Waals surface area (Å²) in [5.41, 5.74) is 7.09. The number of aromatic nitrogens is 1. The van der Waals surface area contributed by atoms with Crippen LogP contribution in [0.2, 0.25) is 0 Å². The Kier molecular flexibility index (Phi) is 4.01. The van der Waals surface area contributed by atoms with Crippen LogP contribution in [0, 0.1) is 0 Å². The summed E-state index contributed by atoms with van der Waals surface area (Å²) in [6.07, 6.45) is 0. The summed E-state index contributed by atoms with van der Waals surface area (Å²) in [6.45, 7) is 0.0814. The molecule has 2 aromatic rings. The van der Waals surface area contributed by atoms with Crippen LogP contribution in [0.1, 0.15) is 5.56 Å². The lowest BCUT2D eigenvalue weighted by atomic mass is 10.1. The van der Waals surface area contributed by atoms with E-state index in [4.69, 9.17) is 16.0 Å². The van der Waals surface area contributed by atoms with Gasteiger partial charge in [0, 0.05) is 16.7 Å². The highest BCUT2D eigenvalue weighted by Gasteiger charge is 2.09. The molecular formula is C12H13N3O2S. The van der Waals surface area contributed by atoms with Gasteiger partial charge in [-0.3, -0.25) is 0 Å². The van der Waals surface area contributed by atoms with Gasteiger partial charge in [-0.2, -0.15) is 0 Å². The lowest BCUT2D eigenvalue weighted by Gasteiger charge is -2.07. The van der Waals surface area contributed by atoms with Crippen molar-refractivity contribution in [1.82, 2.24) is 4.98 Å². The van der Waals surface area contributed by atoms with E-state index in [2.05, 4.69) is 10.1 Å². The monoisotopic (exact) mass is 263 g/mol. The Morgan fingerprint density at radius 2 is 2.17 bits per heavy atom. The van der Waals surface area contributed by atoms with Gasteiger partial charge >= 0.3 is 0 Å². The third-order valence-electron chi connectivity index (χ3n) is 2.42. The van der Waals surface area contributed by atoms with Gasteiger partial charge < -0.3 is 16.0 Å². The van der Waals surface area contributed by atoms with Gasteiger partial charge in [0.05, 0.1) is 17.1 Å². The molecule has 0 unspecified atom stereocenters. The Bertz CT molecular complexity index is 587. The smallest absolute Gasteiger partial charge is 0.170 e. The molecule has 1 heterocycles. The van der Waals surface area contributed by atoms with Crippen molar-refractivity contribution in [2.75, 3.05) is 12.4 Å². The molecule has 0 saturated carbocycles. The molecule has 1 aromatic carbocycles. The largest absolute Gasteiger partial charge is 0.409 e. The lowest BCUT2D eigenvalue weighted by molar-refractivity contribution is 0.318. The summed E-state index contributed by atoms with van der Waals surface area (Å²) in [6, 6.07) is 9.25. The van der Waals surface area contributed by atoms with E-state index in [1.165, 1.54) is 11.8 Å².